The summed E-state index contributed by atoms with van der Waals surface area (Å²) in [7, 11) is -2.81. The number of halogens is 2. The molecule has 0 fully saturated rings. The van der Waals surface area contributed by atoms with Crippen LogP contribution in [0, 0.1) is 0 Å². The Hall–Kier alpha value is -1.01. The van der Waals surface area contributed by atoms with Gasteiger partial charge < -0.3 is 20.1 Å². The fourth-order valence-electron chi connectivity index (χ4n) is 1.27. The highest BCUT2D eigenvalue weighted by atomic mass is 35.5. The van der Waals surface area contributed by atoms with E-state index >= 15 is 0 Å². The molecular weight excluding hydrogens is 301 g/mol. The summed E-state index contributed by atoms with van der Waals surface area (Å²) in [4.78, 5) is 0. The van der Waals surface area contributed by atoms with Crippen molar-refractivity contribution >= 4 is 48.4 Å². The molecule has 0 bridgehead atoms. The van der Waals surface area contributed by atoms with Crippen LogP contribution in [0.5, 0.6) is 0 Å². The third kappa shape index (κ3) is 5.96. The van der Waals surface area contributed by atoms with Gasteiger partial charge in [0, 0.05) is 10.0 Å². The lowest BCUT2D eigenvalue weighted by Gasteiger charge is -1.96. The van der Waals surface area contributed by atoms with Crippen molar-refractivity contribution in [2.24, 2.45) is 0 Å². The van der Waals surface area contributed by atoms with Gasteiger partial charge in [0.05, 0.1) is 0 Å². The van der Waals surface area contributed by atoms with Crippen LogP contribution in [0.3, 0.4) is 0 Å². The number of benzene rings is 2. The third-order valence-corrected chi connectivity index (χ3v) is 2.84. The maximum atomic E-state index is 8.63. The van der Waals surface area contributed by atoms with Crippen molar-refractivity contribution in [3.05, 3.63) is 58.6 Å². The normalized spacial score (nSPS) is 9.50. The Morgan fingerprint density at radius 3 is 1.00 bits per heavy atom. The highest BCUT2D eigenvalue weighted by Crippen LogP contribution is 2.04. The maximum absolute atomic E-state index is 8.63. The first-order valence-corrected chi connectivity index (χ1v) is 6.39. The first-order valence-electron chi connectivity index (χ1n) is 5.63. The lowest BCUT2D eigenvalue weighted by molar-refractivity contribution is 0.424. The second-order valence-corrected chi connectivity index (χ2v) is 4.72. The lowest BCUT2D eigenvalue weighted by atomic mass is 9.81. The standard InChI is InChI=1S/2C6H6BClO2/c2*8-6-3-1-5(2-4-6)7(9)10/h2*1-4,9-10H. The minimum Gasteiger partial charge on any atom is -0.423 e. The summed E-state index contributed by atoms with van der Waals surface area (Å²) in [6.45, 7) is 0. The van der Waals surface area contributed by atoms with E-state index in [1.165, 1.54) is 0 Å². The molecule has 2 aromatic rings. The van der Waals surface area contributed by atoms with Gasteiger partial charge in [0.1, 0.15) is 0 Å². The molecule has 0 radical (unpaired) electrons. The Morgan fingerprint density at radius 1 is 0.550 bits per heavy atom. The molecule has 0 saturated heterocycles. The predicted octanol–water partition coefficient (Wildman–Crippen LogP) is 0.0396. The molecule has 104 valence electrons. The van der Waals surface area contributed by atoms with Crippen LogP contribution in [0.1, 0.15) is 0 Å². The number of hydrogen-bond donors (Lipinski definition) is 4. The molecule has 0 unspecified atom stereocenters. The van der Waals surface area contributed by atoms with Crippen LogP contribution < -0.4 is 10.9 Å². The summed E-state index contributed by atoms with van der Waals surface area (Å²) in [6, 6.07) is 12.7. The summed E-state index contributed by atoms with van der Waals surface area (Å²) in [5.41, 5.74) is 0.897. The minimum absolute atomic E-state index is 0.449. The molecular formula is C12H12B2Cl2O4. The van der Waals surface area contributed by atoms with Gasteiger partial charge in [0.25, 0.3) is 0 Å². The van der Waals surface area contributed by atoms with Gasteiger partial charge in [-0.2, -0.15) is 0 Å². The number of rotatable bonds is 2. The molecule has 0 aliphatic rings. The van der Waals surface area contributed by atoms with E-state index in [1.54, 1.807) is 48.5 Å². The highest BCUT2D eigenvalue weighted by Gasteiger charge is 2.09. The van der Waals surface area contributed by atoms with Crippen molar-refractivity contribution < 1.29 is 20.1 Å². The summed E-state index contributed by atoms with van der Waals surface area (Å²) in [6.07, 6.45) is 0. The summed E-state index contributed by atoms with van der Waals surface area (Å²) in [5.74, 6) is 0. The van der Waals surface area contributed by atoms with Crippen molar-refractivity contribution in [1.29, 1.82) is 0 Å². The van der Waals surface area contributed by atoms with Crippen molar-refractivity contribution in [2.45, 2.75) is 0 Å². The van der Waals surface area contributed by atoms with Crippen LogP contribution in [0.15, 0.2) is 48.5 Å². The largest absolute Gasteiger partial charge is 0.488 e. The van der Waals surface area contributed by atoms with Crippen molar-refractivity contribution in [1.82, 2.24) is 0 Å². The Bertz CT molecular complexity index is 468. The highest BCUT2D eigenvalue weighted by molar-refractivity contribution is 6.59. The molecule has 0 heterocycles. The van der Waals surface area contributed by atoms with Crippen LogP contribution in [-0.4, -0.2) is 34.3 Å². The SMILES string of the molecule is OB(O)c1ccc(Cl)cc1.OB(O)c1ccc(Cl)cc1. The van der Waals surface area contributed by atoms with Crippen LogP contribution in [0.4, 0.5) is 0 Å². The van der Waals surface area contributed by atoms with Gasteiger partial charge in [-0.25, -0.2) is 0 Å². The average Bonchev–Trinajstić information content (AvgIpc) is 2.40. The first kappa shape index (κ1) is 17.0. The van der Waals surface area contributed by atoms with E-state index in [2.05, 4.69) is 0 Å². The molecule has 0 spiro atoms. The summed E-state index contributed by atoms with van der Waals surface area (Å²) >= 11 is 11.1. The lowest BCUT2D eigenvalue weighted by Crippen LogP contribution is -2.29. The van der Waals surface area contributed by atoms with E-state index in [0.29, 0.717) is 21.0 Å². The fourth-order valence-corrected chi connectivity index (χ4v) is 1.52. The molecule has 0 amide bonds. The van der Waals surface area contributed by atoms with Gasteiger partial charge in [-0.15, -0.1) is 0 Å². The molecule has 4 nitrogen and oxygen atoms in total. The topological polar surface area (TPSA) is 80.9 Å². The van der Waals surface area contributed by atoms with Gasteiger partial charge in [0.2, 0.25) is 0 Å². The molecule has 20 heavy (non-hydrogen) atoms. The zero-order chi connectivity index (χ0) is 15.1. The molecule has 2 aromatic carbocycles. The van der Waals surface area contributed by atoms with Crippen molar-refractivity contribution in [2.75, 3.05) is 0 Å². The molecule has 0 aliphatic carbocycles. The molecule has 0 aromatic heterocycles. The minimum atomic E-state index is -1.41. The molecule has 0 aliphatic heterocycles. The number of hydrogen-bond acceptors (Lipinski definition) is 4. The van der Waals surface area contributed by atoms with Crippen LogP contribution in [-0.2, 0) is 0 Å². The zero-order valence-electron chi connectivity index (χ0n) is 10.3. The van der Waals surface area contributed by atoms with Gasteiger partial charge in [0.15, 0.2) is 0 Å². The molecule has 0 atom stereocenters. The average molecular weight is 313 g/mol. The monoisotopic (exact) mass is 312 g/mol. The molecule has 8 heteroatoms. The van der Waals surface area contributed by atoms with Crippen LogP contribution in [0.25, 0.3) is 0 Å². The fraction of sp³-hybridized carbons (Fsp3) is 0. The third-order valence-electron chi connectivity index (χ3n) is 2.34. The van der Waals surface area contributed by atoms with Gasteiger partial charge in [-0.05, 0) is 35.2 Å². The van der Waals surface area contributed by atoms with E-state index in [9.17, 15) is 0 Å². The Labute approximate surface area is 127 Å². The Balaban J connectivity index is 0.000000200. The second kappa shape index (κ2) is 8.32. The Morgan fingerprint density at radius 2 is 0.800 bits per heavy atom. The van der Waals surface area contributed by atoms with Crippen molar-refractivity contribution in [3.8, 4) is 0 Å². The quantitative estimate of drug-likeness (QED) is 0.590. The van der Waals surface area contributed by atoms with Gasteiger partial charge >= 0.3 is 14.2 Å². The van der Waals surface area contributed by atoms with Crippen LogP contribution in [0.2, 0.25) is 10.0 Å². The van der Waals surface area contributed by atoms with E-state index < -0.39 is 14.2 Å². The Kier molecular flexibility index (Phi) is 7.09. The molecule has 4 N–H and O–H groups in total. The van der Waals surface area contributed by atoms with Crippen LogP contribution >= 0.6 is 23.2 Å². The summed E-state index contributed by atoms with van der Waals surface area (Å²) < 4.78 is 0. The van der Waals surface area contributed by atoms with Gasteiger partial charge in [-0.3, -0.25) is 0 Å². The second-order valence-electron chi connectivity index (χ2n) is 3.85. The first-order chi connectivity index (χ1) is 9.40. The molecule has 2 rings (SSSR count). The predicted molar refractivity (Wildman–Crippen MR) is 82.6 cm³/mol. The summed E-state index contributed by atoms with van der Waals surface area (Å²) in [5, 5.41) is 35.7. The van der Waals surface area contributed by atoms with E-state index in [1.807, 2.05) is 0 Å². The molecule has 0 saturated carbocycles. The van der Waals surface area contributed by atoms with Gasteiger partial charge in [-0.1, -0.05) is 47.5 Å². The van der Waals surface area contributed by atoms with E-state index in [0.717, 1.165) is 0 Å². The van der Waals surface area contributed by atoms with Crippen molar-refractivity contribution in [3.63, 3.8) is 0 Å². The van der Waals surface area contributed by atoms with E-state index in [4.69, 9.17) is 43.3 Å². The van der Waals surface area contributed by atoms with E-state index in [-0.39, 0.29) is 0 Å². The zero-order valence-corrected chi connectivity index (χ0v) is 11.8. The maximum Gasteiger partial charge on any atom is 0.488 e. The smallest absolute Gasteiger partial charge is 0.423 e.